The van der Waals surface area contributed by atoms with Crippen LogP contribution >= 0.6 is 0 Å². The number of hydrogen-bond donors (Lipinski definition) is 7. The molecule has 38 heavy (non-hydrogen) atoms. The molecule has 0 spiro atoms. The van der Waals surface area contributed by atoms with E-state index in [9.17, 15) is 34.5 Å². The van der Waals surface area contributed by atoms with Crippen molar-refractivity contribution in [2.75, 3.05) is 6.61 Å². The van der Waals surface area contributed by atoms with Crippen molar-refractivity contribution in [3.63, 3.8) is 0 Å². The quantitative estimate of drug-likeness (QED) is 0.179. The molecule has 0 heterocycles. The van der Waals surface area contributed by atoms with Crippen LogP contribution in [0.5, 0.6) is 5.75 Å². The van der Waals surface area contributed by atoms with Crippen molar-refractivity contribution in [1.82, 2.24) is 16.0 Å². The number of phenols is 1. The van der Waals surface area contributed by atoms with Gasteiger partial charge in [0.2, 0.25) is 17.7 Å². The monoisotopic (exact) mass is 528 g/mol. The van der Waals surface area contributed by atoms with Gasteiger partial charge in [-0.25, -0.2) is 4.79 Å². The number of benzene rings is 2. The number of carbonyl (C=O) groups is 4. The first-order valence-electron chi connectivity index (χ1n) is 12.4. The third-order valence-corrected chi connectivity index (χ3v) is 6.23. The molecule has 2 rings (SSSR count). The summed E-state index contributed by atoms with van der Waals surface area (Å²) in [6.07, 6.45) is 0.693. The molecule has 2 aromatic carbocycles. The van der Waals surface area contributed by atoms with Gasteiger partial charge in [0.1, 0.15) is 23.9 Å². The highest BCUT2D eigenvalue weighted by Crippen LogP contribution is 2.12. The van der Waals surface area contributed by atoms with Crippen LogP contribution in [0.1, 0.15) is 31.4 Å². The van der Waals surface area contributed by atoms with Crippen LogP contribution < -0.4 is 21.7 Å². The molecule has 206 valence electrons. The zero-order chi connectivity index (χ0) is 28.2. The first-order chi connectivity index (χ1) is 18.0. The van der Waals surface area contributed by atoms with E-state index in [1.807, 2.05) is 6.92 Å². The van der Waals surface area contributed by atoms with Crippen molar-refractivity contribution in [1.29, 1.82) is 0 Å². The van der Waals surface area contributed by atoms with Crippen molar-refractivity contribution in [3.05, 3.63) is 65.7 Å². The first-order valence-corrected chi connectivity index (χ1v) is 12.4. The second kappa shape index (κ2) is 14.7. The Hall–Kier alpha value is -3.96. The van der Waals surface area contributed by atoms with Gasteiger partial charge in [0.05, 0.1) is 12.6 Å². The van der Waals surface area contributed by atoms with Crippen molar-refractivity contribution in [2.45, 2.75) is 57.3 Å². The summed E-state index contributed by atoms with van der Waals surface area (Å²) in [6.45, 7) is 2.78. The molecule has 5 atom stereocenters. The van der Waals surface area contributed by atoms with Crippen LogP contribution in [-0.4, -0.2) is 69.8 Å². The summed E-state index contributed by atoms with van der Waals surface area (Å²) in [5.74, 6) is -3.70. The largest absolute Gasteiger partial charge is 0.508 e. The minimum Gasteiger partial charge on any atom is -0.508 e. The lowest BCUT2D eigenvalue weighted by Gasteiger charge is -2.27. The molecule has 0 radical (unpaired) electrons. The van der Waals surface area contributed by atoms with E-state index >= 15 is 0 Å². The zero-order valence-corrected chi connectivity index (χ0v) is 21.5. The summed E-state index contributed by atoms with van der Waals surface area (Å²) >= 11 is 0. The van der Waals surface area contributed by atoms with Gasteiger partial charge in [-0.1, -0.05) is 62.7 Å². The number of carboxylic acid groups (broad SMARTS) is 1. The summed E-state index contributed by atoms with van der Waals surface area (Å²) < 4.78 is 0. The predicted octanol–water partition coefficient (Wildman–Crippen LogP) is 0.0821. The molecule has 0 aliphatic rings. The molecule has 11 heteroatoms. The van der Waals surface area contributed by atoms with E-state index in [0.29, 0.717) is 12.0 Å². The maximum atomic E-state index is 13.1. The minimum atomic E-state index is -1.44. The number of amides is 3. The molecule has 11 nitrogen and oxygen atoms in total. The number of nitrogens with two attached hydrogens (primary N) is 1. The van der Waals surface area contributed by atoms with Gasteiger partial charge in [0, 0.05) is 6.42 Å². The van der Waals surface area contributed by atoms with Crippen molar-refractivity contribution < 1.29 is 34.5 Å². The molecule has 2 aromatic rings. The Balaban J connectivity index is 2.05. The fourth-order valence-corrected chi connectivity index (χ4v) is 3.72. The number of aliphatic hydroxyl groups excluding tert-OH is 1. The Kier molecular flexibility index (Phi) is 11.7. The lowest BCUT2D eigenvalue weighted by Crippen LogP contribution is -2.59. The van der Waals surface area contributed by atoms with E-state index in [4.69, 9.17) is 5.73 Å². The third kappa shape index (κ3) is 9.16. The van der Waals surface area contributed by atoms with E-state index in [0.717, 1.165) is 5.56 Å². The van der Waals surface area contributed by atoms with Gasteiger partial charge in [-0.15, -0.1) is 0 Å². The average molecular weight is 529 g/mol. The lowest BCUT2D eigenvalue weighted by molar-refractivity contribution is -0.142. The highest BCUT2D eigenvalue weighted by molar-refractivity contribution is 5.94. The van der Waals surface area contributed by atoms with Crippen molar-refractivity contribution >= 4 is 23.7 Å². The molecular formula is C27H36N4O7. The second-order valence-electron chi connectivity index (χ2n) is 9.18. The third-order valence-electron chi connectivity index (χ3n) is 6.23. The van der Waals surface area contributed by atoms with Crippen LogP contribution in [0, 0.1) is 5.92 Å². The van der Waals surface area contributed by atoms with Crippen LogP contribution in [0.3, 0.4) is 0 Å². The number of phenolic OH excluding ortho intramolecular Hbond substituents is 1. The number of hydrogen-bond acceptors (Lipinski definition) is 7. The molecule has 0 saturated heterocycles. The number of rotatable bonds is 14. The van der Waals surface area contributed by atoms with Gasteiger partial charge in [0.25, 0.3) is 0 Å². The number of carbonyl (C=O) groups excluding carboxylic acids is 3. The van der Waals surface area contributed by atoms with Gasteiger partial charge in [-0.3, -0.25) is 14.4 Å². The van der Waals surface area contributed by atoms with Crippen LogP contribution in [-0.2, 0) is 32.0 Å². The zero-order valence-electron chi connectivity index (χ0n) is 21.5. The summed E-state index contributed by atoms with van der Waals surface area (Å²) in [5, 5.41) is 36.1. The fraction of sp³-hybridized carbons (Fsp3) is 0.407. The van der Waals surface area contributed by atoms with Crippen LogP contribution in [0.15, 0.2) is 54.6 Å². The van der Waals surface area contributed by atoms with E-state index < -0.39 is 54.5 Å². The molecular weight excluding hydrogens is 492 g/mol. The number of carboxylic acids is 1. The second-order valence-corrected chi connectivity index (χ2v) is 9.18. The minimum absolute atomic E-state index is 0.0124. The fourth-order valence-electron chi connectivity index (χ4n) is 3.72. The summed E-state index contributed by atoms with van der Waals surface area (Å²) in [6, 6.07) is 10.2. The molecule has 5 unspecified atom stereocenters. The van der Waals surface area contributed by atoms with Crippen molar-refractivity contribution in [2.24, 2.45) is 11.7 Å². The number of nitrogens with one attached hydrogen (secondary N) is 3. The molecule has 0 bridgehead atoms. The van der Waals surface area contributed by atoms with Crippen LogP contribution in [0.4, 0.5) is 0 Å². The highest BCUT2D eigenvalue weighted by atomic mass is 16.4. The topological polar surface area (TPSA) is 191 Å². The van der Waals surface area contributed by atoms with Gasteiger partial charge in [-0.2, -0.15) is 0 Å². The Morgan fingerprint density at radius 3 is 1.95 bits per heavy atom. The Morgan fingerprint density at radius 1 is 0.816 bits per heavy atom. The first kappa shape index (κ1) is 30.3. The average Bonchev–Trinajstić information content (AvgIpc) is 2.90. The van der Waals surface area contributed by atoms with Crippen molar-refractivity contribution in [3.8, 4) is 5.75 Å². The molecule has 0 aliphatic heterocycles. The summed E-state index contributed by atoms with van der Waals surface area (Å²) in [4.78, 5) is 50.3. The van der Waals surface area contributed by atoms with E-state index in [1.54, 1.807) is 49.4 Å². The lowest BCUT2D eigenvalue weighted by atomic mass is 9.97. The Labute approximate surface area is 221 Å². The standard InChI is InChI=1S/C27H36N4O7/c1-3-16(2)23(31-24(34)20(28)13-18-9-11-19(33)12-10-18)26(36)30-22(15-32)25(35)29-21(27(37)38)14-17-7-5-4-6-8-17/h4-12,16,20-23,32-33H,3,13-15,28H2,1-2H3,(H,29,35)(H,30,36)(H,31,34)(H,37,38). The number of aliphatic hydroxyl groups is 1. The molecule has 0 saturated carbocycles. The van der Waals surface area contributed by atoms with Crippen LogP contribution in [0.2, 0.25) is 0 Å². The summed E-state index contributed by atoms with van der Waals surface area (Å²) in [5.41, 5.74) is 7.44. The van der Waals surface area contributed by atoms with E-state index in [1.165, 1.54) is 12.1 Å². The maximum Gasteiger partial charge on any atom is 0.326 e. The smallest absolute Gasteiger partial charge is 0.326 e. The van der Waals surface area contributed by atoms with E-state index in [2.05, 4.69) is 16.0 Å². The van der Waals surface area contributed by atoms with Crippen LogP contribution in [0.25, 0.3) is 0 Å². The molecule has 8 N–H and O–H groups in total. The Bertz CT molecular complexity index is 1080. The predicted molar refractivity (Wildman–Crippen MR) is 140 cm³/mol. The van der Waals surface area contributed by atoms with Gasteiger partial charge < -0.3 is 37.0 Å². The molecule has 3 amide bonds. The number of aliphatic carboxylic acids is 1. The SMILES string of the molecule is CCC(C)C(NC(=O)C(N)Cc1ccc(O)cc1)C(=O)NC(CO)C(=O)NC(Cc1ccccc1)C(=O)O. The molecule has 0 aromatic heterocycles. The normalized spacial score (nSPS) is 14.8. The van der Waals surface area contributed by atoms with Gasteiger partial charge in [0.15, 0.2) is 0 Å². The number of aromatic hydroxyl groups is 1. The molecule has 0 aliphatic carbocycles. The summed E-state index contributed by atoms with van der Waals surface area (Å²) in [7, 11) is 0. The van der Waals surface area contributed by atoms with Gasteiger partial charge in [-0.05, 0) is 35.6 Å². The van der Waals surface area contributed by atoms with Gasteiger partial charge >= 0.3 is 5.97 Å². The maximum absolute atomic E-state index is 13.1. The Morgan fingerprint density at radius 2 is 1.39 bits per heavy atom. The molecule has 0 fully saturated rings. The highest BCUT2D eigenvalue weighted by Gasteiger charge is 2.32. The van der Waals surface area contributed by atoms with E-state index in [-0.39, 0.29) is 24.5 Å².